The highest BCUT2D eigenvalue weighted by Crippen LogP contribution is 2.22. The van der Waals surface area contributed by atoms with Crippen LogP contribution in [0.5, 0.6) is 0 Å². The molecule has 1 heterocycles. The highest BCUT2D eigenvalue weighted by atomic mass is 16.2. The number of hydrogen-bond acceptors (Lipinski definition) is 4. The number of amides is 2. The number of hydrogen-bond donors (Lipinski definition) is 2. The smallest absolute Gasteiger partial charge is 0.261 e. The van der Waals surface area contributed by atoms with E-state index in [0.717, 1.165) is 11.3 Å². The molecule has 5 nitrogen and oxygen atoms in total. The van der Waals surface area contributed by atoms with Crippen molar-refractivity contribution in [2.24, 2.45) is 0 Å². The van der Waals surface area contributed by atoms with Crippen molar-refractivity contribution in [3.05, 3.63) is 65.2 Å². The van der Waals surface area contributed by atoms with Gasteiger partial charge in [0.25, 0.3) is 11.8 Å². The van der Waals surface area contributed by atoms with E-state index in [1.165, 1.54) is 4.90 Å². The third-order valence-corrected chi connectivity index (χ3v) is 3.86. The van der Waals surface area contributed by atoms with E-state index in [4.69, 9.17) is 5.41 Å². The molecule has 1 aliphatic heterocycles. The van der Waals surface area contributed by atoms with Crippen LogP contribution in [-0.4, -0.2) is 35.5 Å². The summed E-state index contributed by atoms with van der Waals surface area (Å²) in [7, 11) is 0. The van der Waals surface area contributed by atoms with E-state index in [1.54, 1.807) is 31.2 Å². The van der Waals surface area contributed by atoms with Crippen LogP contribution in [0.25, 0.3) is 0 Å². The number of para-hydroxylation sites is 1. The lowest BCUT2D eigenvalue weighted by molar-refractivity contribution is 0.0660. The molecule has 0 unspecified atom stereocenters. The van der Waals surface area contributed by atoms with Crippen LogP contribution in [0, 0.1) is 5.41 Å². The van der Waals surface area contributed by atoms with Crippen LogP contribution >= 0.6 is 0 Å². The zero-order valence-corrected chi connectivity index (χ0v) is 12.8. The van der Waals surface area contributed by atoms with Crippen LogP contribution < -0.4 is 5.32 Å². The Labute approximate surface area is 134 Å². The molecule has 0 aliphatic carbocycles. The molecule has 0 fully saturated rings. The maximum Gasteiger partial charge on any atom is 0.261 e. The first kappa shape index (κ1) is 15.0. The van der Waals surface area contributed by atoms with Crippen LogP contribution in [0.1, 0.15) is 33.2 Å². The van der Waals surface area contributed by atoms with Gasteiger partial charge in [-0.25, -0.2) is 0 Å². The fourth-order valence-corrected chi connectivity index (χ4v) is 2.71. The minimum absolute atomic E-state index is 0.246. The van der Waals surface area contributed by atoms with Gasteiger partial charge in [0.1, 0.15) is 0 Å². The molecule has 0 aromatic heterocycles. The van der Waals surface area contributed by atoms with Gasteiger partial charge in [0.2, 0.25) is 0 Å². The molecule has 2 aromatic rings. The van der Waals surface area contributed by atoms with Crippen LogP contribution in [0.4, 0.5) is 5.69 Å². The van der Waals surface area contributed by atoms with Crippen molar-refractivity contribution in [1.29, 1.82) is 5.41 Å². The molecule has 0 saturated carbocycles. The first-order valence-corrected chi connectivity index (χ1v) is 7.43. The third kappa shape index (κ3) is 2.73. The number of fused-ring (bicyclic) bond motifs is 1. The van der Waals surface area contributed by atoms with Gasteiger partial charge >= 0.3 is 0 Å². The Kier molecular flexibility index (Phi) is 3.93. The van der Waals surface area contributed by atoms with E-state index in [1.807, 2.05) is 24.3 Å². The second-order valence-corrected chi connectivity index (χ2v) is 5.40. The molecule has 3 rings (SSSR count). The Morgan fingerprint density at radius 1 is 1.00 bits per heavy atom. The quantitative estimate of drug-likeness (QED) is 0.659. The zero-order chi connectivity index (χ0) is 16.4. The molecule has 23 heavy (non-hydrogen) atoms. The van der Waals surface area contributed by atoms with Crippen molar-refractivity contribution in [3.8, 4) is 0 Å². The molecule has 0 saturated heterocycles. The second kappa shape index (κ2) is 6.04. The van der Waals surface area contributed by atoms with Gasteiger partial charge in [-0.05, 0) is 25.1 Å². The SMILES string of the molecule is CC(=N)c1ccccc1NCCN1C(=O)c2ccccc2C1=O. The summed E-state index contributed by atoms with van der Waals surface area (Å²) in [5, 5.41) is 11.0. The standard InChI is InChI=1S/C18H17N3O2/c1-12(19)13-6-4-5-9-16(13)20-10-11-21-17(22)14-7-2-3-8-15(14)18(21)23/h2-9,19-20H,10-11H2,1H3. The fraction of sp³-hybridized carbons (Fsp3) is 0.167. The first-order valence-electron chi connectivity index (χ1n) is 7.43. The van der Waals surface area contributed by atoms with Crippen molar-refractivity contribution in [3.63, 3.8) is 0 Å². The van der Waals surface area contributed by atoms with E-state index < -0.39 is 0 Å². The minimum Gasteiger partial charge on any atom is -0.383 e. The van der Waals surface area contributed by atoms with Gasteiger partial charge in [-0.3, -0.25) is 14.5 Å². The lowest BCUT2D eigenvalue weighted by Crippen LogP contribution is -2.34. The zero-order valence-electron chi connectivity index (χ0n) is 12.8. The maximum atomic E-state index is 12.3. The summed E-state index contributed by atoms with van der Waals surface area (Å²) < 4.78 is 0. The lowest BCUT2D eigenvalue weighted by atomic mass is 10.1. The number of benzene rings is 2. The van der Waals surface area contributed by atoms with Crippen LogP contribution in [0.3, 0.4) is 0 Å². The van der Waals surface area contributed by atoms with Crippen LogP contribution in [0.2, 0.25) is 0 Å². The molecule has 5 heteroatoms. The first-order chi connectivity index (χ1) is 11.1. The number of nitrogens with one attached hydrogen (secondary N) is 2. The van der Waals surface area contributed by atoms with Crippen molar-refractivity contribution in [2.45, 2.75) is 6.92 Å². The maximum absolute atomic E-state index is 12.3. The third-order valence-electron chi connectivity index (χ3n) is 3.86. The van der Waals surface area contributed by atoms with Gasteiger partial charge in [-0.1, -0.05) is 30.3 Å². The van der Waals surface area contributed by atoms with E-state index in [2.05, 4.69) is 5.32 Å². The van der Waals surface area contributed by atoms with Crippen molar-refractivity contribution in [1.82, 2.24) is 4.90 Å². The highest BCUT2D eigenvalue weighted by Gasteiger charge is 2.34. The molecule has 0 bridgehead atoms. The summed E-state index contributed by atoms with van der Waals surface area (Å²) in [6.07, 6.45) is 0. The molecule has 0 atom stereocenters. The lowest BCUT2D eigenvalue weighted by Gasteiger charge is -2.16. The Morgan fingerprint density at radius 2 is 1.57 bits per heavy atom. The van der Waals surface area contributed by atoms with Crippen molar-refractivity contribution >= 4 is 23.2 Å². The van der Waals surface area contributed by atoms with Gasteiger partial charge in [-0.15, -0.1) is 0 Å². The Balaban J connectivity index is 1.68. The number of anilines is 1. The number of imide groups is 1. The monoisotopic (exact) mass is 307 g/mol. The highest BCUT2D eigenvalue weighted by molar-refractivity contribution is 6.21. The number of rotatable bonds is 5. The van der Waals surface area contributed by atoms with Crippen LogP contribution in [0.15, 0.2) is 48.5 Å². The Hall–Kier alpha value is -2.95. The Bertz CT molecular complexity index is 763. The predicted molar refractivity (Wildman–Crippen MR) is 89.2 cm³/mol. The summed E-state index contributed by atoms with van der Waals surface area (Å²) in [5.74, 6) is -0.493. The number of carbonyl (C=O) groups excluding carboxylic acids is 2. The summed E-state index contributed by atoms with van der Waals surface area (Å²) >= 11 is 0. The predicted octanol–water partition coefficient (Wildman–Crippen LogP) is 2.78. The minimum atomic E-state index is -0.246. The molecule has 1 aliphatic rings. The largest absolute Gasteiger partial charge is 0.383 e. The molecule has 2 amide bonds. The fourth-order valence-electron chi connectivity index (χ4n) is 2.71. The van der Waals surface area contributed by atoms with Gasteiger partial charge < -0.3 is 10.7 Å². The van der Waals surface area contributed by atoms with E-state index >= 15 is 0 Å². The number of nitrogens with zero attached hydrogens (tertiary/aromatic N) is 1. The average molecular weight is 307 g/mol. The van der Waals surface area contributed by atoms with Crippen molar-refractivity contribution in [2.75, 3.05) is 18.4 Å². The summed E-state index contributed by atoms with van der Waals surface area (Å²) in [5.41, 5.74) is 3.04. The summed E-state index contributed by atoms with van der Waals surface area (Å²) in [6.45, 7) is 2.46. The van der Waals surface area contributed by atoms with Gasteiger partial charge in [0, 0.05) is 30.1 Å². The molecular weight excluding hydrogens is 290 g/mol. The molecular formula is C18H17N3O2. The topological polar surface area (TPSA) is 73.3 Å². The van der Waals surface area contributed by atoms with E-state index in [-0.39, 0.29) is 18.4 Å². The molecule has 116 valence electrons. The average Bonchev–Trinajstić information content (AvgIpc) is 2.80. The molecule has 2 N–H and O–H groups in total. The normalized spacial score (nSPS) is 13.2. The Morgan fingerprint density at radius 3 is 2.17 bits per heavy atom. The summed E-state index contributed by atoms with van der Waals surface area (Å²) in [4.78, 5) is 25.8. The van der Waals surface area contributed by atoms with Gasteiger partial charge in [-0.2, -0.15) is 0 Å². The van der Waals surface area contributed by atoms with E-state index in [9.17, 15) is 9.59 Å². The molecule has 0 radical (unpaired) electrons. The van der Waals surface area contributed by atoms with Gasteiger partial charge in [0.05, 0.1) is 11.1 Å². The molecule has 2 aromatic carbocycles. The second-order valence-electron chi connectivity index (χ2n) is 5.40. The van der Waals surface area contributed by atoms with Gasteiger partial charge in [0.15, 0.2) is 0 Å². The van der Waals surface area contributed by atoms with Crippen molar-refractivity contribution < 1.29 is 9.59 Å². The van der Waals surface area contributed by atoms with E-state index in [0.29, 0.717) is 23.4 Å². The van der Waals surface area contributed by atoms with Crippen LogP contribution in [-0.2, 0) is 0 Å². The molecule has 0 spiro atoms. The summed E-state index contributed by atoms with van der Waals surface area (Å²) in [6, 6.07) is 14.4. The number of carbonyl (C=O) groups is 2.